The van der Waals surface area contributed by atoms with E-state index in [0.29, 0.717) is 0 Å². The van der Waals surface area contributed by atoms with E-state index in [0.717, 1.165) is 51.1 Å². The van der Waals surface area contributed by atoms with Gasteiger partial charge in [-0.25, -0.2) is 0 Å². The maximum absolute atomic E-state index is 5.57. The van der Waals surface area contributed by atoms with Gasteiger partial charge in [-0.3, -0.25) is 14.6 Å². The Morgan fingerprint density at radius 2 is 1.82 bits per heavy atom. The lowest BCUT2D eigenvalue weighted by atomic mass is 10.0. The fraction of sp³-hybridized carbons (Fsp3) is 0.565. The van der Waals surface area contributed by atoms with Crippen LogP contribution in [0.1, 0.15) is 23.2 Å². The number of morpholine rings is 1. The number of aromatic nitrogens is 2. The molecule has 33 heavy (non-hydrogen) atoms. The van der Waals surface area contributed by atoms with E-state index in [9.17, 15) is 0 Å². The smallest absolute Gasteiger partial charge is 0.191 e. The Labute approximate surface area is 214 Å². The van der Waals surface area contributed by atoms with Crippen molar-refractivity contribution in [3.05, 3.63) is 47.8 Å². The molecular formula is C23H38IN7O2. The second-order valence-electron chi connectivity index (χ2n) is 8.20. The summed E-state index contributed by atoms with van der Waals surface area (Å²) in [5, 5.41) is 11.3. The number of aliphatic imine (C=N–C) groups is 1. The van der Waals surface area contributed by atoms with Crippen molar-refractivity contribution >= 4 is 29.9 Å². The van der Waals surface area contributed by atoms with Crippen molar-refractivity contribution in [2.45, 2.75) is 12.1 Å². The Bertz CT molecular complexity index is 851. The second-order valence-corrected chi connectivity index (χ2v) is 8.20. The van der Waals surface area contributed by atoms with E-state index in [1.165, 1.54) is 11.1 Å². The van der Waals surface area contributed by atoms with Gasteiger partial charge in [-0.1, -0.05) is 12.1 Å². The molecule has 3 rings (SSSR count). The summed E-state index contributed by atoms with van der Waals surface area (Å²) in [6, 6.07) is 8.73. The van der Waals surface area contributed by atoms with Crippen molar-refractivity contribution in [2.75, 3.05) is 67.6 Å². The number of nitrogens with one attached hydrogen (secondary N) is 2. The molecule has 0 radical (unpaired) electrons. The second kappa shape index (κ2) is 13.7. The average Bonchev–Trinajstić information content (AvgIpc) is 3.24. The number of benzene rings is 1. The molecule has 2 heterocycles. The van der Waals surface area contributed by atoms with Gasteiger partial charge >= 0.3 is 0 Å². The number of hydrogen-bond donors (Lipinski definition) is 2. The fourth-order valence-electron chi connectivity index (χ4n) is 3.99. The SMILES string of the molecule is CN=C(NCC(c1cnn(C)c1)N(C)C)NCC(c1ccc(OC)cc1)N1CCOCC1.I. The van der Waals surface area contributed by atoms with E-state index in [4.69, 9.17) is 9.47 Å². The number of ether oxygens (including phenoxy) is 2. The molecular weight excluding hydrogens is 533 g/mol. The Hall–Kier alpha value is -1.89. The summed E-state index contributed by atoms with van der Waals surface area (Å²) < 4.78 is 12.7. The first kappa shape index (κ1) is 27.4. The van der Waals surface area contributed by atoms with Crippen LogP contribution in [-0.2, 0) is 11.8 Å². The van der Waals surface area contributed by atoms with Gasteiger partial charge in [-0.15, -0.1) is 24.0 Å². The van der Waals surface area contributed by atoms with Crippen LogP contribution in [0.5, 0.6) is 5.75 Å². The van der Waals surface area contributed by atoms with Gasteiger partial charge in [0.15, 0.2) is 5.96 Å². The van der Waals surface area contributed by atoms with Crippen LogP contribution < -0.4 is 15.4 Å². The molecule has 1 aromatic heterocycles. The zero-order valence-corrected chi connectivity index (χ0v) is 22.7. The lowest BCUT2D eigenvalue weighted by Crippen LogP contribution is -2.47. The minimum absolute atomic E-state index is 0. The van der Waals surface area contributed by atoms with Crippen molar-refractivity contribution in [1.29, 1.82) is 0 Å². The molecule has 2 aromatic rings. The molecule has 1 fully saturated rings. The highest BCUT2D eigenvalue weighted by Gasteiger charge is 2.23. The number of likely N-dealkylation sites (N-methyl/N-ethyl adjacent to an activating group) is 1. The summed E-state index contributed by atoms with van der Waals surface area (Å²) in [6.45, 7) is 4.81. The highest BCUT2D eigenvalue weighted by atomic mass is 127. The summed E-state index contributed by atoms with van der Waals surface area (Å²) in [7, 11) is 9.59. The molecule has 1 saturated heterocycles. The summed E-state index contributed by atoms with van der Waals surface area (Å²) in [5.41, 5.74) is 2.42. The minimum atomic E-state index is 0. The van der Waals surface area contributed by atoms with E-state index in [1.54, 1.807) is 14.2 Å². The van der Waals surface area contributed by atoms with Crippen LogP contribution in [-0.4, -0.2) is 93.2 Å². The molecule has 1 aliphatic heterocycles. The molecule has 1 aliphatic rings. The molecule has 184 valence electrons. The van der Waals surface area contributed by atoms with E-state index >= 15 is 0 Å². The zero-order valence-electron chi connectivity index (χ0n) is 20.3. The number of rotatable bonds is 9. The Morgan fingerprint density at radius 1 is 1.15 bits per heavy atom. The third kappa shape index (κ3) is 7.83. The molecule has 0 spiro atoms. The van der Waals surface area contributed by atoms with Crippen molar-refractivity contribution in [1.82, 2.24) is 30.2 Å². The number of hydrogen-bond acceptors (Lipinski definition) is 6. The normalized spacial score (nSPS) is 16.7. The van der Waals surface area contributed by atoms with Crippen molar-refractivity contribution in [2.24, 2.45) is 12.0 Å². The van der Waals surface area contributed by atoms with Gasteiger partial charge in [-0.2, -0.15) is 5.10 Å². The van der Waals surface area contributed by atoms with Crippen LogP contribution >= 0.6 is 24.0 Å². The van der Waals surface area contributed by atoms with Crippen molar-refractivity contribution in [3.8, 4) is 5.75 Å². The molecule has 0 aliphatic carbocycles. The first-order valence-corrected chi connectivity index (χ1v) is 11.1. The summed E-state index contributed by atoms with van der Waals surface area (Å²) in [4.78, 5) is 9.10. The number of methoxy groups -OCH3 is 1. The predicted molar refractivity (Wildman–Crippen MR) is 143 cm³/mol. The van der Waals surface area contributed by atoms with Gasteiger partial charge in [0.05, 0.1) is 38.6 Å². The third-order valence-corrected chi connectivity index (χ3v) is 5.87. The number of nitrogens with zero attached hydrogens (tertiary/aromatic N) is 5. The molecule has 0 amide bonds. The van der Waals surface area contributed by atoms with Gasteiger partial charge in [-0.05, 0) is 31.8 Å². The van der Waals surface area contributed by atoms with Gasteiger partial charge in [0, 0.05) is 52.0 Å². The Kier molecular flexibility index (Phi) is 11.4. The summed E-state index contributed by atoms with van der Waals surface area (Å²) >= 11 is 0. The topological polar surface area (TPSA) is 79.2 Å². The van der Waals surface area contributed by atoms with Crippen LogP contribution in [0.15, 0.2) is 41.7 Å². The molecule has 2 atom stereocenters. The maximum Gasteiger partial charge on any atom is 0.191 e. The average molecular weight is 572 g/mol. The minimum Gasteiger partial charge on any atom is -0.497 e. The van der Waals surface area contributed by atoms with Crippen molar-refractivity contribution < 1.29 is 9.47 Å². The number of aryl methyl sites for hydroxylation is 1. The largest absolute Gasteiger partial charge is 0.497 e. The number of halogens is 1. The number of guanidine groups is 1. The maximum atomic E-state index is 5.57. The predicted octanol–water partition coefficient (Wildman–Crippen LogP) is 1.89. The quantitative estimate of drug-likeness (QED) is 0.271. The van der Waals surface area contributed by atoms with E-state index in [1.807, 2.05) is 30.1 Å². The first-order chi connectivity index (χ1) is 15.5. The Balaban J connectivity index is 0.00000385. The molecule has 2 N–H and O–H groups in total. The van der Waals surface area contributed by atoms with E-state index in [2.05, 4.69) is 62.9 Å². The van der Waals surface area contributed by atoms with Crippen molar-refractivity contribution in [3.63, 3.8) is 0 Å². The van der Waals surface area contributed by atoms with Crippen LogP contribution in [0.4, 0.5) is 0 Å². The first-order valence-electron chi connectivity index (χ1n) is 11.1. The van der Waals surface area contributed by atoms with Crippen LogP contribution in [0.2, 0.25) is 0 Å². The van der Waals surface area contributed by atoms with E-state index < -0.39 is 0 Å². The van der Waals surface area contributed by atoms with Crippen LogP contribution in [0.3, 0.4) is 0 Å². The highest BCUT2D eigenvalue weighted by molar-refractivity contribution is 14.0. The van der Waals surface area contributed by atoms with Crippen LogP contribution in [0, 0.1) is 0 Å². The molecule has 10 heteroatoms. The van der Waals surface area contributed by atoms with E-state index in [-0.39, 0.29) is 36.1 Å². The highest BCUT2D eigenvalue weighted by Crippen LogP contribution is 2.23. The third-order valence-electron chi connectivity index (χ3n) is 5.87. The molecule has 1 aromatic carbocycles. The summed E-state index contributed by atoms with van der Waals surface area (Å²) in [5.74, 6) is 1.65. The monoisotopic (exact) mass is 571 g/mol. The molecule has 0 bridgehead atoms. The van der Waals surface area contributed by atoms with Gasteiger partial charge in [0.25, 0.3) is 0 Å². The lowest BCUT2D eigenvalue weighted by Gasteiger charge is -2.35. The van der Waals surface area contributed by atoms with Gasteiger partial charge in [0.2, 0.25) is 0 Å². The fourth-order valence-corrected chi connectivity index (χ4v) is 3.99. The zero-order chi connectivity index (χ0) is 22.9. The molecule has 2 unspecified atom stereocenters. The standard InChI is InChI=1S/C23H37N7O2.HI/c1-24-23(25-15-21(28(2)3)19-14-27-29(4)17-19)26-16-22(30-10-12-32-13-11-30)18-6-8-20(31-5)9-7-18;/h6-9,14,17,21-22H,10-13,15-16H2,1-5H3,(H2,24,25,26);1H. The summed E-state index contributed by atoms with van der Waals surface area (Å²) in [6.07, 6.45) is 3.97. The van der Waals surface area contributed by atoms with Crippen LogP contribution in [0.25, 0.3) is 0 Å². The Morgan fingerprint density at radius 3 is 2.36 bits per heavy atom. The lowest BCUT2D eigenvalue weighted by molar-refractivity contribution is 0.0170. The molecule has 9 nitrogen and oxygen atoms in total. The molecule has 0 saturated carbocycles. The van der Waals surface area contributed by atoms with Gasteiger partial charge < -0.3 is 25.0 Å². The van der Waals surface area contributed by atoms with Gasteiger partial charge in [0.1, 0.15) is 5.75 Å².